The number of ether oxygens (including phenoxy) is 1. The Balaban J connectivity index is 3.14. The van der Waals surface area contributed by atoms with Gasteiger partial charge in [-0.3, -0.25) is 5.41 Å². The van der Waals surface area contributed by atoms with Gasteiger partial charge in [-0.15, -0.1) is 0 Å². The number of esters is 1. The number of hydrogen-bond acceptors (Lipinski definition) is 4. The topological polar surface area (TPSA) is 62.2 Å². The van der Waals surface area contributed by atoms with E-state index in [2.05, 4.69) is 26.0 Å². The summed E-state index contributed by atoms with van der Waals surface area (Å²) in [6.07, 6.45) is 0. The van der Waals surface area contributed by atoms with Crippen LogP contribution in [0.3, 0.4) is 0 Å². The molecule has 4 nitrogen and oxygen atoms in total. The molecule has 0 spiro atoms. The van der Waals surface area contributed by atoms with Crippen molar-refractivity contribution in [2.75, 3.05) is 19.5 Å². The van der Waals surface area contributed by atoms with E-state index in [-0.39, 0.29) is 5.71 Å². The molecular formula is C10H11BrN2O2. The van der Waals surface area contributed by atoms with Crippen molar-refractivity contribution in [2.45, 2.75) is 0 Å². The van der Waals surface area contributed by atoms with Crippen LogP contribution in [0.15, 0.2) is 22.7 Å². The predicted octanol–water partition coefficient (Wildman–Crippen LogP) is 2.03. The van der Waals surface area contributed by atoms with Crippen LogP contribution in [0.5, 0.6) is 0 Å². The van der Waals surface area contributed by atoms with Gasteiger partial charge in [-0.2, -0.15) is 0 Å². The summed E-state index contributed by atoms with van der Waals surface area (Å²) in [4.78, 5) is 11.2. The summed E-state index contributed by atoms with van der Waals surface area (Å²) in [7, 11) is 2.99. The zero-order chi connectivity index (χ0) is 11.4. The molecule has 1 aromatic rings. The first-order valence-corrected chi connectivity index (χ1v) is 5.04. The molecule has 0 aromatic heterocycles. The lowest BCUT2D eigenvalue weighted by molar-refractivity contribution is -0.132. The first-order valence-electron chi connectivity index (χ1n) is 4.24. The van der Waals surface area contributed by atoms with E-state index < -0.39 is 5.97 Å². The number of carbonyl (C=O) groups is 1. The summed E-state index contributed by atoms with van der Waals surface area (Å²) in [5.41, 5.74) is 1.07. The maximum absolute atomic E-state index is 11.2. The van der Waals surface area contributed by atoms with Crippen LogP contribution in [-0.2, 0) is 9.53 Å². The Morgan fingerprint density at radius 2 is 2.20 bits per heavy atom. The molecule has 0 heterocycles. The SMILES string of the molecule is CNc1cc(Br)ccc1C(=N)C(=O)OC. The zero-order valence-electron chi connectivity index (χ0n) is 8.43. The monoisotopic (exact) mass is 270 g/mol. The summed E-state index contributed by atoms with van der Waals surface area (Å²) in [6.45, 7) is 0. The number of rotatable bonds is 3. The second-order valence-corrected chi connectivity index (χ2v) is 3.72. The lowest BCUT2D eigenvalue weighted by atomic mass is 10.1. The minimum absolute atomic E-state index is 0.158. The average molecular weight is 271 g/mol. The van der Waals surface area contributed by atoms with E-state index in [0.717, 1.165) is 4.47 Å². The Labute approximate surface area is 96.3 Å². The van der Waals surface area contributed by atoms with Gasteiger partial charge < -0.3 is 10.1 Å². The smallest absolute Gasteiger partial charge is 0.356 e. The Bertz CT molecular complexity index is 404. The molecule has 0 atom stereocenters. The minimum Gasteiger partial charge on any atom is -0.464 e. The number of methoxy groups -OCH3 is 1. The first-order chi connectivity index (χ1) is 7.10. The Morgan fingerprint density at radius 1 is 1.53 bits per heavy atom. The molecule has 1 aromatic carbocycles. The largest absolute Gasteiger partial charge is 0.464 e. The van der Waals surface area contributed by atoms with Crippen LogP contribution in [0.4, 0.5) is 5.69 Å². The quantitative estimate of drug-likeness (QED) is 0.653. The van der Waals surface area contributed by atoms with Crippen molar-refractivity contribution in [1.82, 2.24) is 0 Å². The average Bonchev–Trinajstić information content (AvgIpc) is 2.26. The van der Waals surface area contributed by atoms with E-state index in [4.69, 9.17) is 5.41 Å². The number of benzene rings is 1. The van der Waals surface area contributed by atoms with Crippen molar-refractivity contribution in [3.05, 3.63) is 28.2 Å². The molecule has 0 saturated carbocycles. The minimum atomic E-state index is -0.645. The van der Waals surface area contributed by atoms with Gasteiger partial charge >= 0.3 is 5.97 Å². The molecule has 0 bridgehead atoms. The third-order valence-electron chi connectivity index (χ3n) is 1.91. The van der Waals surface area contributed by atoms with E-state index >= 15 is 0 Å². The summed E-state index contributed by atoms with van der Waals surface area (Å²) >= 11 is 3.31. The molecule has 5 heteroatoms. The van der Waals surface area contributed by atoms with Crippen molar-refractivity contribution >= 4 is 33.3 Å². The molecule has 1 rings (SSSR count). The molecular weight excluding hydrogens is 260 g/mol. The number of anilines is 1. The number of halogens is 1. The van der Waals surface area contributed by atoms with Crippen molar-refractivity contribution in [2.24, 2.45) is 0 Å². The van der Waals surface area contributed by atoms with Crippen LogP contribution in [-0.4, -0.2) is 25.8 Å². The summed E-state index contributed by atoms with van der Waals surface area (Å²) in [5, 5.41) is 10.5. The third-order valence-corrected chi connectivity index (χ3v) is 2.40. The van der Waals surface area contributed by atoms with E-state index in [0.29, 0.717) is 11.3 Å². The van der Waals surface area contributed by atoms with Crippen molar-refractivity contribution in [3.8, 4) is 0 Å². The fourth-order valence-electron chi connectivity index (χ4n) is 1.15. The van der Waals surface area contributed by atoms with Crippen LogP contribution in [0.1, 0.15) is 5.56 Å². The number of carbonyl (C=O) groups excluding carboxylic acids is 1. The third kappa shape index (κ3) is 2.56. The molecule has 80 valence electrons. The second kappa shape index (κ2) is 4.93. The highest BCUT2D eigenvalue weighted by molar-refractivity contribution is 9.10. The lowest BCUT2D eigenvalue weighted by Gasteiger charge is -2.09. The number of nitrogens with one attached hydrogen (secondary N) is 2. The van der Waals surface area contributed by atoms with Gasteiger partial charge in [-0.05, 0) is 18.2 Å². The maximum atomic E-state index is 11.2. The normalized spacial score (nSPS) is 9.53. The van der Waals surface area contributed by atoms with E-state index in [1.807, 2.05) is 0 Å². The molecule has 0 aliphatic carbocycles. The Morgan fingerprint density at radius 3 is 2.73 bits per heavy atom. The highest BCUT2D eigenvalue weighted by Crippen LogP contribution is 2.21. The maximum Gasteiger partial charge on any atom is 0.356 e. The molecule has 0 saturated heterocycles. The second-order valence-electron chi connectivity index (χ2n) is 2.81. The molecule has 0 fully saturated rings. The van der Waals surface area contributed by atoms with Crippen LogP contribution >= 0.6 is 15.9 Å². The van der Waals surface area contributed by atoms with E-state index in [1.54, 1.807) is 25.2 Å². The van der Waals surface area contributed by atoms with E-state index in [9.17, 15) is 4.79 Å². The van der Waals surface area contributed by atoms with Crippen molar-refractivity contribution < 1.29 is 9.53 Å². The molecule has 0 unspecified atom stereocenters. The highest BCUT2D eigenvalue weighted by Gasteiger charge is 2.15. The molecule has 0 amide bonds. The van der Waals surface area contributed by atoms with Gasteiger partial charge in [0.2, 0.25) is 0 Å². The summed E-state index contributed by atoms with van der Waals surface area (Å²) < 4.78 is 5.38. The number of hydrogen-bond donors (Lipinski definition) is 2. The zero-order valence-corrected chi connectivity index (χ0v) is 10.0. The van der Waals surface area contributed by atoms with Gasteiger partial charge in [0.25, 0.3) is 0 Å². The Hall–Kier alpha value is -1.36. The van der Waals surface area contributed by atoms with Gasteiger partial charge in [0.15, 0.2) is 0 Å². The lowest BCUT2D eigenvalue weighted by Crippen LogP contribution is -2.17. The van der Waals surface area contributed by atoms with Gasteiger partial charge in [0.05, 0.1) is 7.11 Å². The fourth-order valence-corrected chi connectivity index (χ4v) is 1.51. The summed E-state index contributed by atoms with van der Waals surface area (Å²) in [6, 6.07) is 5.26. The molecule has 2 N–H and O–H groups in total. The van der Waals surface area contributed by atoms with Crippen LogP contribution in [0.2, 0.25) is 0 Å². The molecule has 0 aliphatic heterocycles. The van der Waals surface area contributed by atoms with Gasteiger partial charge in [-0.1, -0.05) is 15.9 Å². The van der Waals surface area contributed by atoms with Crippen LogP contribution in [0.25, 0.3) is 0 Å². The molecule has 0 aliphatic rings. The fraction of sp³-hybridized carbons (Fsp3) is 0.200. The standard InChI is InChI=1S/C10H11BrN2O2/c1-13-8-5-6(11)3-4-7(8)9(12)10(14)15-2/h3-5,12-13H,1-2H3. The van der Waals surface area contributed by atoms with Crippen LogP contribution < -0.4 is 5.32 Å². The van der Waals surface area contributed by atoms with E-state index in [1.165, 1.54) is 7.11 Å². The highest BCUT2D eigenvalue weighted by atomic mass is 79.9. The van der Waals surface area contributed by atoms with Gasteiger partial charge in [0.1, 0.15) is 5.71 Å². The van der Waals surface area contributed by atoms with Crippen molar-refractivity contribution in [3.63, 3.8) is 0 Å². The summed E-state index contributed by atoms with van der Waals surface area (Å²) in [5.74, 6) is -0.645. The van der Waals surface area contributed by atoms with Gasteiger partial charge in [0, 0.05) is 22.8 Å². The van der Waals surface area contributed by atoms with Gasteiger partial charge in [-0.25, -0.2) is 4.79 Å². The Kier molecular flexibility index (Phi) is 3.85. The predicted molar refractivity (Wildman–Crippen MR) is 62.5 cm³/mol. The van der Waals surface area contributed by atoms with Crippen LogP contribution in [0, 0.1) is 5.41 Å². The van der Waals surface area contributed by atoms with Crippen molar-refractivity contribution in [1.29, 1.82) is 5.41 Å². The molecule has 0 radical (unpaired) electrons. The molecule has 15 heavy (non-hydrogen) atoms. The first kappa shape index (κ1) is 11.7.